The number of hydrogen-bond donors (Lipinski definition) is 0. The van der Waals surface area contributed by atoms with Gasteiger partial charge in [-0.1, -0.05) is 46.3 Å². The van der Waals surface area contributed by atoms with Crippen molar-refractivity contribution in [2.45, 2.75) is 86.7 Å². The molecule has 0 aromatic carbocycles. The van der Waals surface area contributed by atoms with Gasteiger partial charge >= 0.3 is 7.60 Å². The molecule has 0 heterocycles. The minimum atomic E-state index is -3.40. The number of fused-ring (bicyclic) bond motifs is 5. The summed E-state index contributed by atoms with van der Waals surface area (Å²) >= 11 is 0. The van der Waals surface area contributed by atoms with Crippen LogP contribution in [0.4, 0.5) is 0 Å². The van der Waals surface area contributed by atoms with Gasteiger partial charge in [-0.15, -0.1) is 0 Å². The highest BCUT2D eigenvalue weighted by Gasteiger charge is 2.69. The highest BCUT2D eigenvalue weighted by molar-refractivity contribution is 7.53. The molecule has 0 aromatic heterocycles. The van der Waals surface area contributed by atoms with Gasteiger partial charge in [0.05, 0.1) is 19.3 Å². The average molecular weight is 521 g/mol. The quantitative estimate of drug-likeness (QED) is 0.313. The molecular formula is C29H45O6P. The fourth-order valence-corrected chi connectivity index (χ4v) is 10.0. The molecule has 0 bridgehead atoms. The summed E-state index contributed by atoms with van der Waals surface area (Å²) in [5.74, 6) is 1.53. The van der Waals surface area contributed by atoms with E-state index < -0.39 is 13.0 Å². The van der Waals surface area contributed by atoms with Gasteiger partial charge in [0.15, 0.2) is 5.78 Å². The molecule has 202 valence electrons. The molecule has 4 aliphatic carbocycles. The van der Waals surface area contributed by atoms with Gasteiger partial charge in [0.25, 0.3) is 0 Å². The molecule has 0 radical (unpaired) electrons. The Morgan fingerprint density at radius 3 is 2.42 bits per heavy atom. The Bertz CT molecular complexity index is 992. The molecule has 0 aromatic rings. The Kier molecular flexibility index (Phi) is 7.69. The van der Waals surface area contributed by atoms with Gasteiger partial charge in [-0.2, -0.15) is 0 Å². The number of allylic oxidation sites excluding steroid dienone is 4. The highest BCUT2D eigenvalue weighted by Crippen LogP contribution is 2.71. The van der Waals surface area contributed by atoms with Crippen molar-refractivity contribution in [1.29, 1.82) is 0 Å². The molecule has 36 heavy (non-hydrogen) atoms. The number of Topliss-reactive ketones (excluding diaryl/α,β-unsaturated/α-hetero) is 1. The third-order valence-electron chi connectivity index (χ3n) is 10.6. The van der Waals surface area contributed by atoms with Crippen molar-refractivity contribution in [2.75, 3.05) is 19.6 Å². The highest BCUT2D eigenvalue weighted by atomic mass is 31.2. The fraction of sp³-hybridized carbons (Fsp3) is 0.793. The molecule has 4 rings (SSSR count). The van der Waals surface area contributed by atoms with Crippen molar-refractivity contribution in [3.63, 3.8) is 0 Å². The van der Waals surface area contributed by atoms with Crippen molar-refractivity contribution in [3.8, 4) is 0 Å². The summed E-state index contributed by atoms with van der Waals surface area (Å²) < 4.78 is 31.1. The Morgan fingerprint density at radius 1 is 1.14 bits per heavy atom. The Morgan fingerprint density at radius 2 is 1.81 bits per heavy atom. The smallest absolute Gasteiger partial charge is 0.356 e. The molecule has 5 unspecified atom stereocenters. The van der Waals surface area contributed by atoms with E-state index in [1.807, 2.05) is 13.0 Å². The van der Waals surface area contributed by atoms with Crippen LogP contribution >= 0.6 is 7.60 Å². The molecule has 0 spiro atoms. The Balaban J connectivity index is 1.77. The zero-order chi connectivity index (χ0) is 26.5. The van der Waals surface area contributed by atoms with Crippen molar-refractivity contribution >= 4 is 19.2 Å². The summed E-state index contributed by atoms with van der Waals surface area (Å²) in [6.45, 7) is 15.1. The first-order valence-electron chi connectivity index (χ1n) is 13.9. The second-order valence-corrected chi connectivity index (χ2v) is 14.0. The van der Waals surface area contributed by atoms with Crippen molar-refractivity contribution in [1.82, 2.24) is 0 Å². The van der Waals surface area contributed by atoms with Gasteiger partial charge in [0.1, 0.15) is 12.1 Å². The van der Waals surface area contributed by atoms with Crippen LogP contribution in [0, 0.1) is 39.9 Å². The van der Waals surface area contributed by atoms with Crippen LogP contribution in [-0.2, 0) is 27.9 Å². The minimum Gasteiger partial charge on any atom is -0.365 e. The van der Waals surface area contributed by atoms with E-state index in [9.17, 15) is 14.2 Å². The third kappa shape index (κ3) is 4.15. The number of rotatable bonds is 9. The van der Waals surface area contributed by atoms with E-state index in [0.717, 1.165) is 19.3 Å². The predicted octanol–water partition coefficient (Wildman–Crippen LogP) is 6.74. The predicted molar refractivity (Wildman–Crippen MR) is 141 cm³/mol. The molecular weight excluding hydrogens is 475 g/mol. The van der Waals surface area contributed by atoms with Crippen molar-refractivity contribution in [2.24, 2.45) is 39.9 Å². The minimum absolute atomic E-state index is 0.0480. The fourth-order valence-electron chi connectivity index (χ4n) is 8.66. The maximum Gasteiger partial charge on any atom is 0.356 e. The standard InChI is InChI=1S/C29H45O6P/c1-8-25(31)29(7)19(4)15-23-22-12-11-20-16-21(30)13-14-27(20,5)26(22)24(17-28(23,29)6)33-18-36(32,34-9-2)35-10-3/h13-14,16,19,22-24,26H,8-12,15,17-18H2,1-7H3/t19-,22?,23+,24?,26?,27?,28?,29-/m1/s1. The lowest BCUT2D eigenvalue weighted by Crippen LogP contribution is -2.59. The van der Waals surface area contributed by atoms with Crippen LogP contribution in [0.1, 0.15) is 80.6 Å². The van der Waals surface area contributed by atoms with Gasteiger partial charge in [-0.05, 0) is 74.9 Å². The molecule has 0 saturated heterocycles. The van der Waals surface area contributed by atoms with Gasteiger partial charge < -0.3 is 13.8 Å². The first kappa shape index (κ1) is 28.0. The van der Waals surface area contributed by atoms with Gasteiger partial charge in [-0.3, -0.25) is 14.2 Å². The monoisotopic (exact) mass is 520 g/mol. The summed E-state index contributed by atoms with van der Waals surface area (Å²) in [6.07, 6.45) is 9.40. The van der Waals surface area contributed by atoms with E-state index in [-0.39, 0.29) is 54.1 Å². The van der Waals surface area contributed by atoms with E-state index >= 15 is 0 Å². The van der Waals surface area contributed by atoms with Crippen LogP contribution in [0.2, 0.25) is 0 Å². The third-order valence-corrected chi connectivity index (χ3v) is 12.4. The van der Waals surface area contributed by atoms with Gasteiger partial charge in [0.2, 0.25) is 0 Å². The summed E-state index contributed by atoms with van der Waals surface area (Å²) in [4.78, 5) is 25.8. The zero-order valence-electron chi connectivity index (χ0n) is 23.2. The van der Waals surface area contributed by atoms with Crippen LogP contribution in [-0.4, -0.2) is 37.2 Å². The summed E-state index contributed by atoms with van der Waals surface area (Å²) in [7, 11) is -3.40. The van der Waals surface area contributed by atoms with Crippen molar-refractivity contribution < 1.29 is 27.9 Å². The topological polar surface area (TPSA) is 78.9 Å². The maximum absolute atomic E-state index is 13.5. The second-order valence-electron chi connectivity index (χ2n) is 12.0. The normalized spacial score (nSPS) is 41.9. The first-order chi connectivity index (χ1) is 16.9. The van der Waals surface area contributed by atoms with Gasteiger partial charge in [-0.25, -0.2) is 0 Å². The molecule has 6 nitrogen and oxygen atoms in total. The number of hydrogen-bond acceptors (Lipinski definition) is 6. The van der Waals surface area contributed by atoms with Gasteiger partial charge in [0, 0.05) is 23.2 Å². The van der Waals surface area contributed by atoms with Crippen LogP contribution in [0.15, 0.2) is 23.8 Å². The maximum atomic E-state index is 13.5. The largest absolute Gasteiger partial charge is 0.365 e. The number of carbonyl (C=O) groups excluding carboxylic acids is 2. The van der Waals surface area contributed by atoms with Crippen LogP contribution in [0.5, 0.6) is 0 Å². The average Bonchev–Trinajstić information content (AvgIpc) is 3.04. The molecule has 8 atom stereocenters. The Hall–Kier alpha value is -1.07. The Labute approximate surface area is 217 Å². The molecule has 4 aliphatic rings. The van der Waals surface area contributed by atoms with E-state index in [1.165, 1.54) is 5.57 Å². The van der Waals surface area contributed by atoms with E-state index in [1.54, 1.807) is 19.9 Å². The van der Waals surface area contributed by atoms with Crippen LogP contribution < -0.4 is 0 Å². The summed E-state index contributed by atoms with van der Waals surface area (Å²) in [5, 5.41) is 0. The SMILES string of the molecule is CCOP(=O)(COC1CC2(C)[C@@H](C[C@@H](C)[C@]2(C)C(=O)CC)C2CCC3=CC(=O)C=CC3(C)C12)OCC. The lowest BCUT2D eigenvalue weighted by atomic mass is 9.44. The van der Waals surface area contributed by atoms with Crippen LogP contribution in [0.25, 0.3) is 0 Å². The molecule has 0 N–H and O–H groups in total. The molecule has 7 heteroatoms. The van der Waals surface area contributed by atoms with Crippen LogP contribution in [0.3, 0.4) is 0 Å². The zero-order valence-corrected chi connectivity index (χ0v) is 24.1. The molecule has 3 saturated carbocycles. The molecule has 3 fully saturated rings. The lowest BCUT2D eigenvalue weighted by Gasteiger charge is -2.61. The number of ether oxygens (including phenoxy) is 1. The summed E-state index contributed by atoms with van der Waals surface area (Å²) in [5.41, 5.74) is 0.210. The first-order valence-corrected chi connectivity index (χ1v) is 15.6. The molecule has 0 amide bonds. The molecule has 0 aliphatic heterocycles. The van der Waals surface area contributed by atoms with E-state index in [4.69, 9.17) is 13.8 Å². The van der Waals surface area contributed by atoms with Crippen molar-refractivity contribution in [3.05, 3.63) is 23.8 Å². The lowest BCUT2D eigenvalue weighted by molar-refractivity contribution is -0.163. The van der Waals surface area contributed by atoms with E-state index in [2.05, 4.69) is 33.8 Å². The number of carbonyl (C=O) groups is 2. The second kappa shape index (κ2) is 9.91. The number of ketones is 2. The summed E-state index contributed by atoms with van der Waals surface area (Å²) in [6, 6.07) is 0. The van der Waals surface area contributed by atoms with E-state index in [0.29, 0.717) is 30.5 Å².